The SMILES string of the molecule is CCNC(=NCC(O)Cc1ccccc1)NC1CCN(c2ccccc2)CC1. The molecule has 150 valence electrons. The number of rotatable bonds is 7. The third kappa shape index (κ3) is 6.27. The highest BCUT2D eigenvalue weighted by Gasteiger charge is 2.20. The minimum atomic E-state index is -0.474. The van der Waals surface area contributed by atoms with Gasteiger partial charge in [0.05, 0.1) is 12.6 Å². The first-order valence-electron chi connectivity index (χ1n) is 10.3. The number of nitrogens with one attached hydrogen (secondary N) is 2. The highest BCUT2D eigenvalue weighted by molar-refractivity contribution is 5.80. The van der Waals surface area contributed by atoms with Gasteiger partial charge in [0.2, 0.25) is 0 Å². The molecule has 5 heteroatoms. The minimum Gasteiger partial charge on any atom is -0.391 e. The minimum absolute atomic E-state index is 0.396. The molecule has 28 heavy (non-hydrogen) atoms. The van der Waals surface area contributed by atoms with Crippen LogP contribution in [0.5, 0.6) is 0 Å². The molecule has 1 aliphatic rings. The second-order valence-electron chi connectivity index (χ2n) is 7.30. The molecule has 0 amide bonds. The average Bonchev–Trinajstić information content (AvgIpc) is 2.74. The van der Waals surface area contributed by atoms with Crippen molar-refractivity contribution in [1.29, 1.82) is 0 Å². The van der Waals surface area contributed by atoms with Gasteiger partial charge in [0.15, 0.2) is 5.96 Å². The first kappa shape index (κ1) is 20.2. The van der Waals surface area contributed by atoms with Crippen molar-refractivity contribution in [2.45, 2.75) is 38.3 Å². The van der Waals surface area contributed by atoms with E-state index < -0.39 is 6.10 Å². The molecule has 1 fully saturated rings. The van der Waals surface area contributed by atoms with Gasteiger partial charge in [-0.1, -0.05) is 48.5 Å². The lowest BCUT2D eigenvalue weighted by molar-refractivity contribution is 0.183. The van der Waals surface area contributed by atoms with Gasteiger partial charge in [0, 0.05) is 37.8 Å². The summed E-state index contributed by atoms with van der Waals surface area (Å²) in [4.78, 5) is 7.05. The van der Waals surface area contributed by atoms with Gasteiger partial charge in [-0.3, -0.25) is 4.99 Å². The number of hydrogen-bond acceptors (Lipinski definition) is 3. The Morgan fingerprint density at radius 1 is 1.07 bits per heavy atom. The highest BCUT2D eigenvalue weighted by Crippen LogP contribution is 2.19. The largest absolute Gasteiger partial charge is 0.391 e. The van der Waals surface area contributed by atoms with Gasteiger partial charge in [0.25, 0.3) is 0 Å². The Labute approximate surface area is 168 Å². The number of hydrogen-bond donors (Lipinski definition) is 3. The summed E-state index contributed by atoms with van der Waals surface area (Å²) in [6, 6.07) is 21.1. The van der Waals surface area contributed by atoms with Crippen molar-refractivity contribution in [3.8, 4) is 0 Å². The number of aliphatic hydroxyl groups excluding tert-OH is 1. The van der Waals surface area contributed by atoms with Crippen LogP contribution < -0.4 is 15.5 Å². The number of aliphatic hydroxyl groups is 1. The number of benzene rings is 2. The summed E-state index contributed by atoms with van der Waals surface area (Å²) in [5.41, 5.74) is 2.43. The Morgan fingerprint density at radius 2 is 1.71 bits per heavy atom. The van der Waals surface area contributed by atoms with Crippen molar-refractivity contribution < 1.29 is 5.11 Å². The predicted octanol–water partition coefficient (Wildman–Crippen LogP) is 2.81. The number of aliphatic imine (C=N–C) groups is 1. The van der Waals surface area contributed by atoms with Gasteiger partial charge in [-0.15, -0.1) is 0 Å². The van der Waals surface area contributed by atoms with Crippen molar-refractivity contribution in [2.24, 2.45) is 4.99 Å². The fourth-order valence-electron chi connectivity index (χ4n) is 3.58. The molecule has 3 N–H and O–H groups in total. The predicted molar refractivity (Wildman–Crippen MR) is 117 cm³/mol. The van der Waals surface area contributed by atoms with E-state index >= 15 is 0 Å². The quantitative estimate of drug-likeness (QED) is 0.511. The van der Waals surface area contributed by atoms with Crippen LogP contribution in [0.1, 0.15) is 25.3 Å². The van der Waals surface area contributed by atoms with Gasteiger partial charge < -0.3 is 20.6 Å². The normalized spacial score (nSPS) is 16.6. The van der Waals surface area contributed by atoms with E-state index in [0.717, 1.165) is 44.0 Å². The van der Waals surface area contributed by atoms with E-state index in [4.69, 9.17) is 0 Å². The van der Waals surface area contributed by atoms with Crippen molar-refractivity contribution in [3.05, 3.63) is 66.2 Å². The van der Waals surface area contributed by atoms with Gasteiger partial charge in [0.1, 0.15) is 0 Å². The second-order valence-corrected chi connectivity index (χ2v) is 7.30. The molecule has 1 heterocycles. The van der Waals surface area contributed by atoms with Crippen LogP contribution in [0.15, 0.2) is 65.7 Å². The molecule has 1 unspecified atom stereocenters. The van der Waals surface area contributed by atoms with Crippen LogP contribution in [0, 0.1) is 0 Å². The molecular formula is C23H32N4O. The first-order chi connectivity index (χ1) is 13.7. The van der Waals surface area contributed by atoms with Crippen molar-refractivity contribution in [3.63, 3.8) is 0 Å². The third-order valence-corrected chi connectivity index (χ3v) is 5.08. The third-order valence-electron chi connectivity index (χ3n) is 5.08. The zero-order valence-corrected chi connectivity index (χ0v) is 16.7. The van der Waals surface area contributed by atoms with Crippen molar-refractivity contribution in [2.75, 3.05) is 31.1 Å². The van der Waals surface area contributed by atoms with E-state index in [1.807, 2.05) is 30.3 Å². The summed E-state index contributed by atoms with van der Waals surface area (Å²) in [5, 5.41) is 17.2. The molecule has 0 aromatic heterocycles. The lowest BCUT2D eigenvalue weighted by atomic mass is 10.0. The van der Waals surface area contributed by atoms with Gasteiger partial charge >= 0.3 is 0 Å². The molecule has 1 aliphatic heterocycles. The Hall–Kier alpha value is -2.53. The van der Waals surface area contributed by atoms with Crippen LogP contribution in [0.25, 0.3) is 0 Å². The number of anilines is 1. The van der Waals surface area contributed by atoms with Crippen LogP contribution >= 0.6 is 0 Å². The number of guanidine groups is 1. The first-order valence-corrected chi connectivity index (χ1v) is 10.3. The van der Waals surface area contributed by atoms with E-state index in [0.29, 0.717) is 19.0 Å². The molecule has 2 aromatic carbocycles. The Balaban J connectivity index is 1.48. The Kier molecular flexibility index (Phi) is 7.73. The molecule has 2 aromatic rings. The average molecular weight is 381 g/mol. The molecule has 3 rings (SSSR count). The fraction of sp³-hybridized carbons (Fsp3) is 0.435. The topological polar surface area (TPSA) is 59.9 Å². The maximum atomic E-state index is 10.3. The number of piperidine rings is 1. The molecule has 0 saturated carbocycles. The number of nitrogens with zero attached hydrogens (tertiary/aromatic N) is 2. The molecular weight excluding hydrogens is 348 g/mol. The standard InChI is InChI=1S/C23H32N4O/c1-2-24-23(25-18-22(28)17-19-9-5-3-6-10-19)26-20-13-15-27(16-14-20)21-11-7-4-8-12-21/h3-12,20,22,28H,2,13-18H2,1H3,(H2,24,25,26). The summed E-state index contributed by atoms with van der Waals surface area (Å²) in [6.45, 7) is 5.35. The maximum absolute atomic E-state index is 10.3. The molecule has 1 atom stereocenters. The lowest BCUT2D eigenvalue weighted by Crippen LogP contribution is -2.49. The van der Waals surface area contributed by atoms with Gasteiger partial charge in [-0.05, 0) is 37.5 Å². The molecule has 1 saturated heterocycles. The second kappa shape index (κ2) is 10.7. The molecule has 0 radical (unpaired) electrons. The van der Waals surface area contributed by atoms with Gasteiger partial charge in [-0.2, -0.15) is 0 Å². The van der Waals surface area contributed by atoms with Crippen LogP contribution in [0.4, 0.5) is 5.69 Å². The van der Waals surface area contributed by atoms with Crippen molar-refractivity contribution >= 4 is 11.6 Å². The molecule has 0 spiro atoms. The van der Waals surface area contributed by atoms with Crippen LogP contribution in [0.2, 0.25) is 0 Å². The van der Waals surface area contributed by atoms with Crippen LogP contribution in [-0.4, -0.2) is 49.4 Å². The van der Waals surface area contributed by atoms with Crippen LogP contribution in [0.3, 0.4) is 0 Å². The molecule has 0 bridgehead atoms. The zero-order chi connectivity index (χ0) is 19.6. The molecule has 0 aliphatic carbocycles. The van der Waals surface area contributed by atoms with Crippen molar-refractivity contribution in [1.82, 2.24) is 10.6 Å². The fourth-order valence-corrected chi connectivity index (χ4v) is 3.58. The summed E-state index contributed by atoms with van der Waals surface area (Å²) in [5.74, 6) is 0.799. The molecule has 5 nitrogen and oxygen atoms in total. The zero-order valence-electron chi connectivity index (χ0n) is 16.7. The Bertz CT molecular complexity index is 712. The maximum Gasteiger partial charge on any atom is 0.191 e. The summed E-state index contributed by atoms with van der Waals surface area (Å²) in [7, 11) is 0. The van der Waals surface area contributed by atoms with Crippen LogP contribution in [-0.2, 0) is 6.42 Å². The van der Waals surface area contributed by atoms with E-state index in [1.165, 1.54) is 5.69 Å². The van der Waals surface area contributed by atoms with Gasteiger partial charge in [-0.25, -0.2) is 0 Å². The summed E-state index contributed by atoms with van der Waals surface area (Å²) >= 11 is 0. The van der Waals surface area contributed by atoms with E-state index in [-0.39, 0.29) is 0 Å². The Morgan fingerprint density at radius 3 is 2.36 bits per heavy atom. The van der Waals surface area contributed by atoms with E-state index in [9.17, 15) is 5.11 Å². The number of para-hydroxylation sites is 1. The monoisotopic (exact) mass is 380 g/mol. The van der Waals surface area contributed by atoms with E-state index in [2.05, 4.69) is 57.8 Å². The smallest absolute Gasteiger partial charge is 0.191 e. The highest BCUT2D eigenvalue weighted by atomic mass is 16.3. The summed E-state index contributed by atoms with van der Waals surface area (Å²) < 4.78 is 0. The lowest BCUT2D eigenvalue weighted by Gasteiger charge is -2.34. The summed E-state index contributed by atoms with van der Waals surface area (Å²) in [6.07, 6.45) is 2.30. The van der Waals surface area contributed by atoms with E-state index in [1.54, 1.807) is 0 Å².